The van der Waals surface area contributed by atoms with Gasteiger partial charge in [0.2, 0.25) is 0 Å². The van der Waals surface area contributed by atoms with Crippen molar-refractivity contribution in [1.29, 1.82) is 0 Å². The van der Waals surface area contributed by atoms with Crippen LogP contribution in [0.2, 0.25) is 0 Å². The van der Waals surface area contributed by atoms with Gasteiger partial charge in [-0.25, -0.2) is 8.42 Å². The second kappa shape index (κ2) is 9.77. The number of rotatable bonds is 9. The van der Waals surface area contributed by atoms with Gasteiger partial charge in [0.15, 0.2) is 0 Å². The van der Waals surface area contributed by atoms with Crippen LogP contribution in [0.4, 0.5) is 0 Å². The van der Waals surface area contributed by atoms with Gasteiger partial charge < -0.3 is 14.2 Å². The Kier molecular flexibility index (Phi) is 7.42. The Morgan fingerprint density at radius 1 is 1.00 bits per heavy atom. The summed E-state index contributed by atoms with van der Waals surface area (Å²) >= 11 is 0. The molecule has 0 aliphatic carbocycles. The first kappa shape index (κ1) is 21.3. The van der Waals surface area contributed by atoms with Crippen molar-refractivity contribution in [1.82, 2.24) is 10.3 Å². The quantitative estimate of drug-likeness (QED) is 0.488. The van der Waals surface area contributed by atoms with Crippen LogP contribution in [0.15, 0.2) is 53.4 Å². The largest absolute Gasteiger partial charge is 0.497 e. The lowest BCUT2D eigenvalue weighted by molar-refractivity contribution is -0.116. The minimum absolute atomic E-state index is 0.00207. The molecule has 150 valence electrons. The number of hydrazine groups is 1. The molecule has 0 atom stereocenters. The van der Waals surface area contributed by atoms with Crippen molar-refractivity contribution in [2.45, 2.75) is 11.8 Å². The zero-order valence-corrected chi connectivity index (χ0v) is 16.6. The highest BCUT2D eigenvalue weighted by atomic mass is 32.2. The number of ether oxygens (including phenoxy) is 3. The van der Waals surface area contributed by atoms with Crippen LogP contribution in [0.3, 0.4) is 0 Å². The predicted molar refractivity (Wildman–Crippen MR) is 105 cm³/mol. The van der Waals surface area contributed by atoms with Gasteiger partial charge >= 0.3 is 0 Å². The fourth-order valence-electron chi connectivity index (χ4n) is 2.20. The summed E-state index contributed by atoms with van der Waals surface area (Å²) in [5, 5.41) is 0. The molecule has 2 aromatic rings. The number of amides is 1. The molecule has 0 heterocycles. The van der Waals surface area contributed by atoms with Crippen molar-refractivity contribution in [2.24, 2.45) is 0 Å². The summed E-state index contributed by atoms with van der Waals surface area (Å²) in [5.74, 6) is 1.05. The molecule has 0 bridgehead atoms. The lowest BCUT2D eigenvalue weighted by atomic mass is 10.2. The third-order valence-corrected chi connectivity index (χ3v) is 4.82. The van der Waals surface area contributed by atoms with Gasteiger partial charge in [0.05, 0.1) is 25.7 Å². The van der Waals surface area contributed by atoms with Gasteiger partial charge in [-0.15, -0.1) is 4.83 Å². The van der Waals surface area contributed by atoms with E-state index >= 15 is 0 Å². The maximum atomic E-state index is 12.2. The number of carbonyl (C=O) groups is 1. The lowest BCUT2D eigenvalue weighted by Crippen LogP contribution is -2.40. The molecular formula is C19H22N2O6S. The first-order chi connectivity index (χ1) is 13.4. The molecule has 2 N–H and O–H groups in total. The number of methoxy groups -OCH3 is 2. The summed E-state index contributed by atoms with van der Waals surface area (Å²) in [7, 11) is -0.866. The number of carbonyl (C=O) groups excluding carboxylic acids is 1. The molecule has 8 nitrogen and oxygen atoms in total. The maximum absolute atomic E-state index is 12.2. The van der Waals surface area contributed by atoms with Gasteiger partial charge in [-0.3, -0.25) is 10.2 Å². The standard InChI is InChI=1S/C19H22N2O6S/c1-4-27-15-6-8-18(9-7-15)28(23,24)21-20-19(22)10-5-14-11-16(25-2)13-17(12-14)26-3/h5-13,21H,4H2,1-3H3,(H,20,22)/b10-5+. The molecule has 0 radical (unpaired) electrons. The molecule has 2 rings (SSSR count). The fraction of sp³-hybridized carbons (Fsp3) is 0.211. The normalized spacial score (nSPS) is 11.2. The number of hydrogen-bond acceptors (Lipinski definition) is 6. The first-order valence-electron chi connectivity index (χ1n) is 8.33. The van der Waals surface area contributed by atoms with Crippen molar-refractivity contribution in [2.75, 3.05) is 20.8 Å². The van der Waals surface area contributed by atoms with Crippen molar-refractivity contribution in [3.05, 3.63) is 54.1 Å². The Balaban J connectivity index is 2.00. The fourth-order valence-corrected chi connectivity index (χ4v) is 3.04. The molecule has 0 aliphatic rings. The number of nitrogens with one attached hydrogen (secondary N) is 2. The van der Waals surface area contributed by atoms with Gasteiger partial charge in [-0.05, 0) is 55.0 Å². The Labute approximate surface area is 164 Å². The summed E-state index contributed by atoms with van der Waals surface area (Å²) in [6, 6.07) is 11.0. The van der Waals surface area contributed by atoms with Crippen molar-refractivity contribution in [3.63, 3.8) is 0 Å². The van der Waals surface area contributed by atoms with Gasteiger partial charge in [-0.1, -0.05) is 0 Å². The number of hydrogen-bond donors (Lipinski definition) is 2. The molecule has 2 aromatic carbocycles. The number of sulfonamides is 1. The molecule has 1 amide bonds. The first-order valence-corrected chi connectivity index (χ1v) is 9.82. The summed E-state index contributed by atoms with van der Waals surface area (Å²) in [4.78, 5) is 14.0. The van der Waals surface area contributed by atoms with Crippen LogP contribution in [0, 0.1) is 0 Å². The third kappa shape index (κ3) is 6.00. The SMILES string of the molecule is CCOc1ccc(S(=O)(=O)NNC(=O)/C=C/c2cc(OC)cc(OC)c2)cc1. The highest BCUT2D eigenvalue weighted by Gasteiger charge is 2.14. The van der Waals surface area contributed by atoms with E-state index in [1.807, 2.05) is 11.8 Å². The van der Waals surface area contributed by atoms with E-state index in [2.05, 4.69) is 5.43 Å². The molecule has 0 fully saturated rings. The average Bonchev–Trinajstić information content (AvgIpc) is 2.71. The van der Waals surface area contributed by atoms with Crippen molar-refractivity contribution >= 4 is 22.0 Å². The average molecular weight is 406 g/mol. The third-order valence-electron chi connectivity index (χ3n) is 3.55. The van der Waals surface area contributed by atoms with Crippen LogP contribution >= 0.6 is 0 Å². The van der Waals surface area contributed by atoms with E-state index in [9.17, 15) is 13.2 Å². The molecule has 0 aromatic heterocycles. The van der Waals surface area contributed by atoms with Gasteiger partial charge in [-0.2, -0.15) is 0 Å². The number of benzene rings is 2. The highest BCUT2D eigenvalue weighted by molar-refractivity contribution is 7.89. The Morgan fingerprint density at radius 3 is 2.14 bits per heavy atom. The van der Waals surface area contributed by atoms with Gasteiger partial charge in [0.1, 0.15) is 17.2 Å². The highest BCUT2D eigenvalue weighted by Crippen LogP contribution is 2.23. The minimum atomic E-state index is -3.90. The second-order valence-corrected chi connectivity index (χ2v) is 7.16. The Morgan fingerprint density at radius 2 is 1.61 bits per heavy atom. The van der Waals surface area contributed by atoms with E-state index in [0.717, 1.165) is 0 Å². The van der Waals surface area contributed by atoms with E-state index in [1.54, 1.807) is 18.2 Å². The molecule has 0 spiro atoms. The van der Waals surface area contributed by atoms with Crippen molar-refractivity contribution < 1.29 is 27.4 Å². The summed E-state index contributed by atoms with van der Waals surface area (Å²) in [5.41, 5.74) is 2.78. The van der Waals surface area contributed by atoms with E-state index in [-0.39, 0.29) is 4.90 Å². The summed E-state index contributed by atoms with van der Waals surface area (Å²) in [6.07, 6.45) is 2.69. The van der Waals surface area contributed by atoms with E-state index in [4.69, 9.17) is 14.2 Å². The van der Waals surface area contributed by atoms with Crippen LogP contribution in [-0.4, -0.2) is 35.2 Å². The van der Waals surface area contributed by atoms with Gasteiger partial charge in [0.25, 0.3) is 15.9 Å². The van der Waals surface area contributed by atoms with Crippen LogP contribution in [0.1, 0.15) is 12.5 Å². The Hall–Kier alpha value is -3.04. The van der Waals surface area contributed by atoms with Gasteiger partial charge in [0, 0.05) is 12.1 Å². The molecule has 0 saturated heterocycles. The zero-order chi connectivity index (χ0) is 20.6. The topological polar surface area (TPSA) is 103 Å². The molecule has 0 unspecified atom stereocenters. The molecule has 28 heavy (non-hydrogen) atoms. The summed E-state index contributed by atoms with van der Waals surface area (Å²) in [6.45, 7) is 2.31. The maximum Gasteiger partial charge on any atom is 0.258 e. The molecular weight excluding hydrogens is 384 g/mol. The van der Waals surface area contributed by atoms with E-state index in [1.165, 1.54) is 50.6 Å². The molecule has 0 aliphatic heterocycles. The van der Waals surface area contributed by atoms with Crippen molar-refractivity contribution in [3.8, 4) is 17.2 Å². The minimum Gasteiger partial charge on any atom is -0.497 e. The second-order valence-electron chi connectivity index (χ2n) is 5.48. The summed E-state index contributed by atoms with van der Waals surface area (Å²) < 4.78 is 40.0. The molecule has 9 heteroatoms. The monoisotopic (exact) mass is 406 g/mol. The van der Waals surface area contributed by atoms with Crippen LogP contribution in [-0.2, 0) is 14.8 Å². The van der Waals surface area contributed by atoms with E-state index in [0.29, 0.717) is 29.4 Å². The lowest BCUT2D eigenvalue weighted by Gasteiger charge is -2.08. The smallest absolute Gasteiger partial charge is 0.258 e. The zero-order valence-electron chi connectivity index (χ0n) is 15.8. The van der Waals surface area contributed by atoms with E-state index < -0.39 is 15.9 Å². The Bertz CT molecular complexity index is 917. The van der Waals surface area contributed by atoms with Crippen LogP contribution in [0.5, 0.6) is 17.2 Å². The van der Waals surface area contributed by atoms with Crippen LogP contribution < -0.4 is 24.5 Å². The molecule has 0 saturated carbocycles. The predicted octanol–water partition coefficient (Wildman–Crippen LogP) is 2.13. The van der Waals surface area contributed by atoms with Crippen LogP contribution in [0.25, 0.3) is 6.08 Å².